The number of esters is 1. The lowest BCUT2D eigenvalue weighted by atomic mass is 9.90. The number of para-hydroxylation sites is 1. The zero-order valence-electron chi connectivity index (χ0n) is 30.2. The van der Waals surface area contributed by atoms with Gasteiger partial charge in [0.1, 0.15) is 35.1 Å². The number of benzene rings is 2. The number of hydrogen-bond acceptors (Lipinski definition) is 7. The van der Waals surface area contributed by atoms with Gasteiger partial charge in [-0.25, -0.2) is 9.59 Å². The Morgan fingerprint density at radius 1 is 0.830 bits per heavy atom. The minimum atomic E-state index is -1.39. The number of phenols is 1. The molecule has 3 N–H and O–H groups in total. The third kappa shape index (κ3) is 11.6. The molecule has 0 aliphatic rings. The van der Waals surface area contributed by atoms with Gasteiger partial charge in [0.25, 0.3) is 0 Å². The Morgan fingerprint density at radius 3 is 1.91 bits per heavy atom. The highest BCUT2D eigenvalue weighted by atomic mass is 16.6. The first kappa shape index (κ1) is 39.1. The van der Waals surface area contributed by atoms with Crippen LogP contribution in [-0.4, -0.2) is 62.7 Å². The fourth-order valence-electron chi connectivity index (χ4n) is 5.08. The first-order valence-electron chi connectivity index (χ1n) is 16.2. The monoisotopic (exact) mass is 653 g/mol. The molecular formula is C37H55N3O7. The van der Waals surface area contributed by atoms with E-state index in [1.54, 1.807) is 87.4 Å². The van der Waals surface area contributed by atoms with Crippen LogP contribution >= 0.6 is 0 Å². The fraction of sp³-hybridized carbons (Fsp3) is 0.568. The topological polar surface area (TPSA) is 134 Å². The number of alkyl carbamates (subject to hydrolysis) is 1. The van der Waals surface area contributed by atoms with Gasteiger partial charge in [0, 0.05) is 17.5 Å². The number of hydrogen-bond donors (Lipinski definition) is 3. The van der Waals surface area contributed by atoms with E-state index >= 15 is 0 Å². The fourth-order valence-corrected chi connectivity index (χ4v) is 5.08. The van der Waals surface area contributed by atoms with Crippen molar-refractivity contribution in [3.63, 3.8) is 0 Å². The number of nitrogens with zero attached hydrogens (tertiary/aromatic N) is 1. The van der Waals surface area contributed by atoms with Gasteiger partial charge in [-0.1, -0.05) is 68.8 Å². The number of rotatable bonds is 11. The standard InChI is InChI=1S/C37H55N3O7/c1-13-23(2)28(39-34(45)47-37(10,11)12)32(43)40(35(4,5)6)29(26-21-17-18-24(3)30(26)41)31(42)38-27(33(44)46-36(7,8)9)22-25-19-15-14-16-20-25/h14-21,23,27-29,41H,13,22H2,1-12H3,(H,38,42)(H,39,45). The smallest absolute Gasteiger partial charge is 0.408 e. The summed E-state index contributed by atoms with van der Waals surface area (Å²) >= 11 is 0. The van der Waals surface area contributed by atoms with Crippen molar-refractivity contribution in [1.29, 1.82) is 0 Å². The molecule has 2 rings (SSSR count). The minimum absolute atomic E-state index is 0.132. The third-order valence-corrected chi connectivity index (χ3v) is 7.47. The highest BCUT2D eigenvalue weighted by molar-refractivity contribution is 5.95. The summed E-state index contributed by atoms with van der Waals surface area (Å²) < 4.78 is 11.2. The summed E-state index contributed by atoms with van der Waals surface area (Å²) in [6, 6.07) is 10.6. The summed E-state index contributed by atoms with van der Waals surface area (Å²) in [7, 11) is 0. The summed E-state index contributed by atoms with van der Waals surface area (Å²) in [6.07, 6.45) is -0.0981. The van der Waals surface area contributed by atoms with Crippen LogP contribution in [0.1, 0.15) is 105 Å². The van der Waals surface area contributed by atoms with E-state index < -0.39 is 58.7 Å². The quantitative estimate of drug-likeness (QED) is 0.240. The van der Waals surface area contributed by atoms with Crippen LogP contribution in [0.25, 0.3) is 0 Å². The molecule has 0 radical (unpaired) electrons. The lowest BCUT2D eigenvalue weighted by Crippen LogP contribution is -2.61. The van der Waals surface area contributed by atoms with E-state index in [1.807, 2.05) is 44.2 Å². The molecule has 0 bridgehead atoms. The van der Waals surface area contributed by atoms with Crippen molar-refractivity contribution < 1.29 is 33.8 Å². The molecule has 10 nitrogen and oxygen atoms in total. The van der Waals surface area contributed by atoms with Crippen LogP contribution in [0.2, 0.25) is 0 Å². The van der Waals surface area contributed by atoms with Crippen LogP contribution in [0.5, 0.6) is 5.75 Å². The van der Waals surface area contributed by atoms with Crippen LogP contribution in [0, 0.1) is 12.8 Å². The van der Waals surface area contributed by atoms with Gasteiger partial charge < -0.3 is 30.1 Å². The second kappa shape index (κ2) is 15.7. The first-order valence-corrected chi connectivity index (χ1v) is 16.2. The maximum Gasteiger partial charge on any atom is 0.408 e. The van der Waals surface area contributed by atoms with Gasteiger partial charge in [0.15, 0.2) is 0 Å². The largest absolute Gasteiger partial charge is 0.507 e. The van der Waals surface area contributed by atoms with Crippen LogP contribution in [0.15, 0.2) is 48.5 Å². The number of amides is 3. The zero-order chi connectivity index (χ0) is 35.9. The highest BCUT2D eigenvalue weighted by Crippen LogP contribution is 2.37. The number of nitrogens with one attached hydrogen (secondary N) is 2. The van der Waals surface area contributed by atoms with Gasteiger partial charge >= 0.3 is 12.1 Å². The van der Waals surface area contributed by atoms with Crippen LogP contribution in [0.3, 0.4) is 0 Å². The maximum atomic E-state index is 14.7. The van der Waals surface area contributed by atoms with Gasteiger partial charge in [-0.15, -0.1) is 0 Å². The molecule has 2 aromatic carbocycles. The van der Waals surface area contributed by atoms with E-state index in [0.29, 0.717) is 12.0 Å². The van der Waals surface area contributed by atoms with Gasteiger partial charge in [0.2, 0.25) is 11.8 Å². The summed E-state index contributed by atoms with van der Waals surface area (Å²) in [5.74, 6) is -2.38. The first-order chi connectivity index (χ1) is 21.6. The third-order valence-electron chi connectivity index (χ3n) is 7.47. The van der Waals surface area contributed by atoms with E-state index in [9.17, 15) is 24.3 Å². The highest BCUT2D eigenvalue weighted by Gasteiger charge is 2.45. The molecular weight excluding hydrogens is 598 g/mol. The Bertz CT molecular complexity index is 1390. The molecule has 0 spiro atoms. The number of carbonyl (C=O) groups excluding carboxylic acids is 4. The normalized spacial score (nSPS) is 14.6. The minimum Gasteiger partial charge on any atom is -0.507 e. The number of carbonyl (C=O) groups is 4. The van der Waals surface area contributed by atoms with Crippen molar-refractivity contribution in [1.82, 2.24) is 15.5 Å². The van der Waals surface area contributed by atoms with Crippen LogP contribution < -0.4 is 10.6 Å². The summed E-state index contributed by atoms with van der Waals surface area (Å²) in [4.78, 5) is 57.2. The predicted molar refractivity (Wildman–Crippen MR) is 183 cm³/mol. The van der Waals surface area contributed by atoms with Crippen molar-refractivity contribution in [3.05, 3.63) is 65.2 Å². The van der Waals surface area contributed by atoms with E-state index in [0.717, 1.165) is 5.56 Å². The molecule has 0 aliphatic heterocycles. The molecule has 0 fully saturated rings. The summed E-state index contributed by atoms with van der Waals surface area (Å²) in [6.45, 7) is 21.2. The van der Waals surface area contributed by atoms with E-state index in [-0.39, 0.29) is 23.7 Å². The summed E-state index contributed by atoms with van der Waals surface area (Å²) in [5, 5.41) is 16.9. The maximum absolute atomic E-state index is 14.7. The molecule has 0 aliphatic carbocycles. The molecule has 0 aromatic heterocycles. The lowest BCUT2D eigenvalue weighted by molar-refractivity contribution is -0.159. The van der Waals surface area contributed by atoms with E-state index in [1.165, 1.54) is 4.90 Å². The Labute approximate surface area is 280 Å². The van der Waals surface area contributed by atoms with Crippen molar-refractivity contribution in [3.8, 4) is 5.75 Å². The number of ether oxygens (including phenoxy) is 2. The van der Waals surface area contributed by atoms with Gasteiger partial charge in [-0.2, -0.15) is 0 Å². The van der Waals surface area contributed by atoms with Crippen molar-refractivity contribution in [2.45, 2.75) is 131 Å². The van der Waals surface area contributed by atoms with Crippen molar-refractivity contribution in [2.75, 3.05) is 0 Å². The molecule has 260 valence electrons. The predicted octanol–water partition coefficient (Wildman–Crippen LogP) is 6.38. The van der Waals surface area contributed by atoms with E-state index in [2.05, 4.69) is 10.6 Å². The Kier molecular flexibility index (Phi) is 13.0. The van der Waals surface area contributed by atoms with Gasteiger partial charge in [0.05, 0.1) is 0 Å². The molecule has 3 amide bonds. The molecule has 10 heteroatoms. The average molecular weight is 654 g/mol. The van der Waals surface area contributed by atoms with Crippen LogP contribution in [-0.2, 0) is 30.3 Å². The molecule has 2 aromatic rings. The molecule has 4 atom stereocenters. The average Bonchev–Trinajstić information content (AvgIpc) is 2.93. The Hall–Kier alpha value is -4.08. The van der Waals surface area contributed by atoms with Crippen LogP contribution in [0.4, 0.5) is 4.79 Å². The number of aromatic hydroxyl groups is 1. The molecule has 0 saturated heterocycles. The zero-order valence-corrected chi connectivity index (χ0v) is 30.2. The molecule has 0 saturated carbocycles. The number of aryl methyl sites for hydroxylation is 1. The number of phenolic OH excluding ortho intramolecular Hbond substituents is 1. The van der Waals surface area contributed by atoms with Crippen molar-refractivity contribution in [2.24, 2.45) is 5.92 Å². The van der Waals surface area contributed by atoms with Crippen molar-refractivity contribution >= 4 is 23.9 Å². The van der Waals surface area contributed by atoms with Gasteiger partial charge in [-0.3, -0.25) is 9.59 Å². The Balaban J connectivity index is 2.73. The molecule has 4 unspecified atom stereocenters. The Morgan fingerprint density at radius 2 is 1.40 bits per heavy atom. The molecule has 0 heterocycles. The lowest BCUT2D eigenvalue weighted by Gasteiger charge is -2.44. The SMILES string of the molecule is CCC(C)C(NC(=O)OC(C)(C)C)C(=O)N(C(C(=O)NC(Cc1ccccc1)C(=O)OC(C)(C)C)c1cccc(C)c1O)C(C)(C)C. The summed E-state index contributed by atoms with van der Waals surface area (Å²) in [5.41, 5.74) is -1.16. The second-order valence-electron chi connectivity index (χ2n) is 15.1. The van der Waals surface area contributed by atoms with E-state index in [4.69, 9.17) is 9.47 Å². The molecule has 47 heavy (non-hydrogen) atoms. The van der Waals surface area contributed by atoms with Gasteiger partial charge in [-0.05, 0) is 86.3 Å². The second-order valence-corrected chi connectivity index (χ2v) is 15.1.